The predicted octanol–water partition coefficient (Wildman–Crippen LogP) is 4.83. The molecule has 0 atom stereocenters. The zero-order valence-corrected chi connectivity index (χ0v) is 15.7. The number of nitrogens with zero attached hydrogens (tertiary/aromatic N) is 3. The molecule has 1 N–H and O–H groups in total. The summed E-state index contributed by atoms with van der Waals surface area (Å²) in [6.07, 6.45) is 3.83. The fraction of sp³-hybridized carbons (Fsp3) is 0.0909. The van der Waals surface area contributed by atoms with Crippen molar-refractivity contribution in [3.05, 3.63) is 82.5 Å². The van der Waals surface area contributed by atoms with Crippen molar-refractivity contribution in [2.45, 2.75) is 12.8 Å². The standard InChI is InChI=1S/C22H16N4OS/c27-21(25-22-26-23-13-28-22)19-16-8-4-5-9-18(16)24-20-15(10-11-17(19)20)12-14-6-2-1-3-7-14/h1-9,12-13H,10-11H2,(H,25,26,27)/b15-12-. The first-order valence-corrected chi connectivity index (χ1v) is 9.93. The zero-order valence-electron chi connectivity index (χ0n) is 14.9. The van der Waals surface area contributed by atoms with E-state index in [1.807, 2.05) is 42.5 Å². The van der Waals surface area contributed by atoms with E-state index in [4.69, 9.17) is 4.98 Å². The lowest BCUT2D eigenvalue weighted by molar-refractivity contribution is 0.102. The van der Waals surface area contributed by atoms with Crippen LogP contribution in [-0.2, 0) is 6.42 Å². The van der Waals surface area contributed by atoms with Crippen LogP contribution >= 0.6 is 11.3 Å². The van der Waals surface area contributed by atoms with Crippen molar-refractivity contribution in [3.63, 3.8) is 0 Å². The number of pyridine rings is 1. The van der Waals surface area contributed by atoms with Crippen LogP contribution in [0.25, 0.3) is 22.6 Å². The van der Waals surface area contributed by atoms with E-state index in [-0.39, 0.29) is 5.91 Å². The van der Waals surface area contributed by atoms with E-state index in [1.54, 1.807) is 5.51 Å². The van der Waals surface area contributed by atoms with Crippen LogP contribution in [0, 0.1) is 0 Å². The van der Waals surface area contributed by atoms with Gasteiger partial charge in [0, 0.05) is 5.39 Å². The SMILES string of the molecule is O=C(Nc1nncs1)c1c2c(nc3ccccc13)/C(=C\c1ccccc1)CC2. The number of fused-ring (bicyclic) bond motifs is 2. The molecule has 28 heavy (non-hydrogen) atoms. The van der Waals surface area contributed by atoms with Crippen LogP contribution in [0.3, 0.4) is 0 Å². The van der Waals surface area contributed by atoms with Crippen LogP contribution in [0.1, 0.15) is 33.6 Å². The number of anilines is 1. The van der Waals surface area contributed by atoms with Gasteiger partial charge in [-0.1, -0.05) is 59.9 Å². The number of aromatic nitrogens is 3. The van der Waals surface area contributed by atoms with E-state index in [2.05, 4.69) is 33.7 Å². The molecule has 136 valence electrons. The number of carbonyl (C=O) groups is 1. The van der Waals surface area contributed by atoms with Gasteiger partial charge in [-0.2, -0.15) is 0 Å². The van der Waals surface area contributed by atoms with E-state index < -0.39 is 0 Å². The van der Waals surface area contributed by atoms with Gasteiger partial charge in [-0.3, -0.25) is 10.1 Å². The molecule has 0 spiro atoms. The van der Waals surface area contributed by atoms with Crippen LogP contribution in [0.2, 0.25) is 0 Å². The monoisotopic (exact) mass is 384 g/mol. The Kier molecular flexibility index (Phi) is 4.18. The number of hydrogen-bond acceptors (Lipinski definition) is 5. The highest BCUT2D eigenvalue weighted by Gasteiger charge is 2.27. The minimum absolute atomic E-state index is 0.160. The molecule has 5 rings (SSSR count). The largest absolute Gasteiger partial charge is 0.296 e. The van der Waals surface area contributed by atoms with Crippen molar-refractivity contribution in [1.82, 2.24) is 15.2 Å². The lowest BCUT2D eigenvalue weighted by Gasteiger charge is -2.12. The molecule has 6 heteroatoms. The van der Waals surface area contributed by atoms with Gasteiger partial charge < -0.3 is 0 Å². The first kappa shape index (κ1) is 16.8. The molecule has 2 aromatic heterocycles. The molecule has 5 nitrogen and oxygen atoms in total. The summed E-state index contributed by atoms with van der Waals surface area (Å²) < 4.78 is 0. The van der Waals surface area contributed by atoms with Gasteiger partial charge in [0.2, 0.25) is 5.13 Å². The molecule has 0 fully saturated rings. The summed E-state index contributed by atoms with van der Waals surface area (Å²) >= 11 is 1.31. The maximum atomic E-state index is 13.1. The zero-order chi connectivity index (χ0) is 18.9. The highest BCUT2D eigenvalue weighted by molar-refractivity contribution is 7.13. The fourth-order valence-electron chi connectivity index (χ4n) is 3.68. The molecule has 1 amide bonds. The van der Waals surface area contributed by atoms with Gasteiger partial charge >= 0.3 is 0 Å². The first-order valence-electron chi connectivity index (χ1n) is 9.05. The molecule has 4 aromatic rings. The summed E-state index contributed by atoms with van der Waals surface area (Å²) in [5.74, 6) is -0.160. The van der Waals surface area contributed by atoms with Gasteiger partial charge in [-0.15, -0.1) is 10.2 Å². The Morgan fingerprint density at radius 1 is 1.04 bits per heavy atom. The van der Waals surface area contributed by atoms with Gasteiger partial charge in [0.05, 0.1) is 16.8 Å². The van der Waals surface area contributed by atoms with Crippen LogP contribution in [-0.4, -0.2) is 21.1 Å². The Balaban J connectivity index is 1.66. The van der Waals surface area contributed by atoms with Crippen LogP contribution in [0.4, 0.5) is 5.13 Å². The third-order valence-electron chi connectivity index (χ3n) is 4.89. The molecular formula is C22H16N4OS. The summed E-state index contributed by atoms with van der Waals surface area (Å²) in [4.78, 5) is 18.0. The van der Waals surface area contributed by atoms with Crippen LogP contribution < -0.4 is 5.32 Å². The Morgan fingerprint density at radius 3 is 2.68 bits per heavy atom. The van der Waals surface area contributed by atoms with Crippen molar-refractivity contribution in [2.24, 2.45) is 0 Å². The predicted molar refractivity (Wildman–Crippen MR) is 112 cm³/mol. The highest BCUT2D eigenvalue weighted by Crippen LogP contribution is 2.37. The minimum Gasteiger partial charge on any atom is -0.296 e. The van der Waals surface area contributed by atoms with Gasteiger partial charge in [0.25, 0.3) is 5.91 Å². The van der Waals surface area contributed by atoms with Crippen LogP contribution in [0.5, 0.6) is 0 Å². The molecule has 1 aliphatic rings. The van der Waals surface area contributed by atoms with Crippen molar-refractivity contribution in [2.75, 3.05) is 5.32 Å². The number of allylic oxidation sites excluding steroid dienone is 1. The lowest BCUT2D eigenvalue weighted by Crippen LogP contribution is -2.15. The summed E-state index contributed by atoms with van der Waals surface area (Å²) in [6.45, 7) is 0. The molecule has 2 heterocycles. The normalized spacial score (nSPS) is 14.4. The number of para-hydroxylation sites is 1. The number of nitrogens with one attached hydrogen (secondary N) is 1. The smallest absolute Gasteiger partial charge is 0.258 e. The summed E-state index contributed by atoms with van der Waals surface area (Å²) in [6, 6.07) is 18.0. The Bertz CT molecular complexity index is 1200. The van der Waals surface area contributed by atoms with E-state index in [1.165, 1.54) is 11.3 Å². The summed E-state index contributed by atoms with van der Waals surface area (Å²) in [5, 5.41) is 12.0. The van der Waals surface area contributed by atoms with E-state index in [0.29, 0.717) is 10.7 Å². The highest BCUT2D eigenvalue weighted by atomic mass is 32.1. The third-order valence-corrected chi connectivity index (χ3v) is 5.50. The Labute approximate surface area is 165 Å². The number of carbonyl (C=O) groups excluding carboxylic acids is 1. The molecule has 0 radical (unpaired) electrons. The first-order chi connectivity index (χ1) is 13.8. The van der Waals surface area contributed by atoms with Crippen molar-refractivity contribution < 1.29 is 4.79 Å². The lowest BCUT2D eigenvalue weighted by atomic mass is 10.00. The summed E-state index contributed by atoms with van der Waals surface area (Å²) in [5.41, 5.74) is 7.34. The average Bonchev–Trinajstić information content (AvgIpc) is 3.37. The summed E-state index contributed by atoms with van der Waals surface area (Å²) in [7, 11) is 0. The van der Waals surface area contributed by atoms with Crippen LogP contribution in [0.15, 0.2) is 60.1 Å². The second-order valence-electron chi connectivity index (χ2n) is 6.61. The second kappa shape index (κ2) is 6.98. The number of amides is 1. The quantitative estimate of drug-likeness (QED) is 0.550. The molecular weight excluding hydrogens is 368 g/mol. The van der Waals surface area contributed by atoms with E-state index in [0.717, 1.165) is 46.1 Å². The minimum atomic E-state index is -0.160. The van der Waals surface area contributed by atoms with Crippen molar-refractivity contribution in [3.8, 4) is 0 Å². The van der Waals surface area contributed by atoms with E-state index in [9.17, 15) is 4.79 Å². The second-order valence-corrected chi connectivity index (χ2v) is 7.44. The average molecular weight is 384 g/mol. The van der Waals surface area contributed by atoms with Gasteiger partial charge in [-0.05, 0) is 41.7 Å². The molecule has 0 bridgehead atoms. The number of benzene rings is 2. The maximum Gasteiger partial charge on any atom is 0.258 e. The van der Waals surface area contributed by atoms with Gasteiger partial charge in [0.1, 0.15) is 5.51 Å². The molecule has 0 saturated heterocycles. The van der Waals surface area contributed by atoms with Gasteiger partial charge in [-0.25, -0.2) is 4.98 Å². The molecule has 0 saturated carbocycles. The molecule has 0 aliphatic heterocycles. The third kappa shape index (κ3) is 2.97. The molecule has 0 unspecified atom stereocenters. The fourth-order valence-corrected chi connectivity index (χ4v) is 4.12. The van der Waals surface area contributed by atoms with E-state index >= 15 is 0 Å². The van der Waals surface area contributed by atoms with Crippen molar-refractivity contribution >= 4 is 44.9 Å². The number of hydrogen-bond donors (Lipinski definition) is 1. The number of rotatable bonds is 3. The van der Waals surface area contributed by atoms with Crippen molar-refractivity contribution in [1.29, 1.82) is 0 Å². The molecule has 1 aliphatic carbocycles. The van der Waals surface area contributed by atoms with Gasteiger partial charge in [0.15, 0.2) is 0 Å². The topological polar surface area (TPSA) is 67.8 Å². The Hall–Kier alpha value is -3.38. The molecule has 2 aromatic carbocycles. The Morgan fingerprint density at radius 2 is 1.86 bits per heavy atom. The maximum absolute atomic E-state index is 13.1.